The summed E-state index contributed by atoms with van der Waals surface area (Å²) in [5, 5.41) is 19.0. The van der Waals surface area contributed by atoms with Crippen molar-refractivity contribution in [2.75, 3.05) is 0 Å². The van der Waals surface area contributed by atoms with Crippen LogP contribution >= 0.6 is 0 Å². The monoisotopic (exact) mass is 312 g/mol. The summed E-state index contributed by atoms with van der Waals surface area (Å²) in [4.78, 5) is 35.7. The van der Waals surface area contributed by atoms with Crippen molar-refractivity contribution in [3.05, 3.63) is 71.8 Å². The second-order valence-electron chi connectivity index (χ2n) is 5.32. The first-order valence-corrected chi connectivity index (χ1v) is 7.05. The molecule has 23 heavy (non-hydrogen) atoms. The van der Waals surface area contributed by atoms with E-state index in [0.29, 0.717) is 11.1 Å². The fourth-order valence-electron chi connectivity index (χ4n) is 2.40. The first-order valence-electron chi connectivity index (χ1n) is 7.05. The molecule has 0 aliphatic heterocycles. The predicted molar refractivity (Wildman–Crippen MR) is 83.2 cm³/mol. The summed E-state index contributed by atoms with van der Waals surface area (Å²) in [5.74, 6) is -3.54. The molecule has 5 nitrogen and oxygen atoms in total. The maximum Gasteiger partial charge on any atom is 0.321 e. The lowest BCUT2D eigenvalue weighted by Gasteiger charge is -2.24. The Morgan fingerprint density at radius 3 is 1.74 bits per heavy atom. The standard InChI is InChI=1S/C18H16O5/c19-15(14-9-5-2-6-10-14)12-18(16(20)21,17(22)23)11-13-7-3-1-4-8-13/h1-10H,11-12H2,(H,20,21)(H,22,23). The van der Waals surface area contributed by atoms with Crippen LogP contribution in [0.3, 0.4) is 0 Å². The van der Waals surface area contributed by atoms with Gasteiger partial charge in [-0.1, -0.05) is 60.7 Å². The van der Waals surface area contributed by atoms with Crippen molar-refractivity contribution in [2.24, 2.45) is 5.41 Å². The number of carboxylic acids is 2. The Bertz CT molecular complexity index is 693. The summed E-state index contributed by atoms with van der Waals surface area (Å²) >= 11 is 0. The number of Topliss-reactive ketones (excluding diaryl/α,β-unsaturated/α-hetero) is 1. The van der Waals surface area contributed by atoms with Crippen LogP contribution in [0.15, 0.2) is 60.7 Å². The summed E-state index contributed by atoms with van der Waals surface area (Å²) in [6, 6.07) is 16.5. The summed E-state index contributed by atoms with van der Waals surface area (Å²) < 4.78 is 0. The average molecular weight is 312 g/mol. The first kappa shape index (κ1) is 16.4. The molecule has 0 amide bonds. The number of benzene rings is 2. The molecule has 2 aromatic carbocycles. The lowest BCUT2D eigenvalue weighted by atomic mass is 9.76. The van der Waals surface area contributed by atoms with Crippen LogP contribution in [0.2, 0.25) is 0 Å². The minimum Gasteiger partial charge on any atom is -0.480 e. The van der Waals surface area contributed by atoms with E-state index in [1.165, 1.54) is 0 Å². The van der Waals surface area contributed by atoms with Gasteiger partial charge < -0.3 is 10.2 Å². The van der Waals surface area contributed by atoms with Gasteiger partial charge in [0, 0.05) is 12.0 Å². The zero-order valence-electron chi connectivity index (χ0n) is 12.3. The second-order valence-corrected chi connectivity index (χ2v) is 5.32. The molecule has 5 heteroatoms. The van der Waals surface area contributed by atoms with E-state index >= 15 is 0 Å². The second kappa shape index (κ2) is 6.87. The summed E-state index contributed by atoms with van der Waals surface area (Å²) in [7, 11) is 0. The smallest absolute Gasteiger partial charge is 0.321 e. The van der Waals surface area contributed by atoms with Gasteiger partial charge in [-0.05, 0) is 12.0 Å². The van der Waals surface area contributed by atoms with Crippen molar-refractivity contribution < 1.29 is 24.6 Å². The fourth-order valence-corrected chi connectivity index (χ4v) is 2.40. The number of carboxylic acid groups (broad SMARTS) is 2. The Kier molecular flexibility index (Phi) is 4.91. The zero-order chi connectivity index (χ0) is 16.9. The summed E-state index contributed by atoms with van der Waals surface area (Å²) in [5.41, 5.74) is -1.33. The van der Waals surface area contributed by atoms with Crippen molar-refractivity contribution in [1.82, 2.24) is 0 Å². The molecule has 2 N–H and O–H groups in total. The van der Waals surface area contributed by atoms with E-state index in [-0.39, 0.29) is 6.42 Å². The van der Waals surface area contributed by atoms with Gasteiger partial charge in [0.15, 0.2) is 11.2 Å². The van der Waals surface area contributed by atoms with E-state index in [2.05, 4.69) is 0 Å². The first-order chi connectivity index (χ1) is 11.0. The van der Waals surface area contributed by atoms with Crippen molar-refractivity contribution in [3.8, 4) is 0 Å². The molecule has 0 atom stereocenters. The number of carbonyl (C=O) groups excluding carboxylic acids is 1. The number of hydrogen-bond donors (Lipinski definition) is 2. The number of ketones is 1. The molecule has 0 bridgehead atoms. The third-order valence-corrected chi connectivity index (χ3v) is 3.73. The molecule has 0 radical (unpaired) electrons. The topological polar surface area (TPSA) is 91.7 Å². The van der Waals surface area contributed by atoms with Crippen LogP contribution in [0.1, 0.15) is 22.3 Å². The van der Waals surface area contributed by atoms with E-state index in [1.54, 1.807) is 60.7 Å². The van der Waals surface area contributed by atoms with Gasteiger partial charge >= 0.3 is 11.9 Å². The largest absolute Gasteiger partial charge is 0.480 e. The minimum absolute atomic E-state index is 0.253. The van der Waals surface area contributed by atoms with Gasteiger partial charge in [-0.2, -0.15) is 0 Å². The average Bonchev–Trinajstić information content (AvgIpc) is 2.55. The maximum absolute atomic E-state index is 12.3. The van der Waals surface area contributed by atoms with E-state index < -0.39 is 29.6 Å². The molecule has 0 saturated carbocycles. The Morgan fingerprint density at radius 1 is 0.783 bits per heavy atom. The number of aliphatic carboxylic acids is 2. The Labute approximate surface area is 133 Å². The third-order valence-electron chi connectivity index (χ3n) is 3.73. The zero-order valence-corrected chi connectivity index (χ0v) is 12.3. The van der Waals surface area contributed by atoms with Crippen LogP contribution < -0.4 is 0 Å². The van der Waals surface area contributed by atoms with Crippen molar-refractivity contribution >= 4 is 17.7 Å². The molecule has 2 aromatic rings. The van der Waals surface area contributed by atoms with Crippen LogP contribution in [0.25, 0.3) is 0 Å². The van der Waals surface area contributed by atoms with Gasteiger partial charge in [-0.15, -0.1) is 0 Å². The van der Waals surface area contributed by atoms with Crippen LogP contribution in [0.4, 0.5) is 0 Å². The van der Waals surface area contributed by atoms with Crippen molar-refractivity contribution in [2.45, 2.75) is 12.8 Å². The van der Waals surface area contributed by atoms with Gasteiger partial charge in [-0.25, -0.2) is 0 Å². The molecule has 118 valence electrons. The van der Waals surface area contributed by atoms with Gasteiger partial charge in [0.25, 0.3) is 0 Å². The quantitative estimate of drug-likeness (QED) is 0.606. The molecule has 0 fully saturated rings. The minimum atomic E-state index is -2.19. The predicted octanol–water partition coefficient (Wildman–Crippen LogP) is 2.66. The van der Waals surface area contributed by atoms with E-state index in [1.807, 2.05) is 0 Å². The molecule has 0 saturated heterocycles. The normalized spacial score (nSPS) is 11.0. The van der Waals surface area contributed by atoms with Crippen LogP contribution in [-0.4, -0.2) is 27.9 Å². The number of carbonyl (C=O) groups is 3. The van der Waals surface area contributed by atoms with E-state index in [9.17, 15) is 24.6 Å². The Balaban J connectivity index is 2.36. The molecular formula is C18H16O5. The third kappa shape index (κ3) is 3.63. The summed E-state index contributed by atoms with van der Waals surface area (Å²) in [6.45, 7) is 0. The fraction of sp³-hybridized carbons (Fsp3) is 0.167. The van der Waals surface area contributed by atoms with Gasteiger partial charge in [0.2, 0.25) is 0 Å². The molecular weight excluding hydrogens is 296 g/mol. The Morgan fingerprint density at radius 2 is 1.26 bits per heavy atom. The highest BCUT2D eigenvalue weighted by Crippen LogP contribution is 2.30. The highest BCUT2D eigenvalue weighted by Gasteiger charge is 2.48. The highest BCUT2D eigenvalue weighted by molar-refractivity contribution is 6.06. The van der Waals surface area contributed by atoms with Crippen LogP contribution in [0.5, 0.6) is 0 Å². The molecule has 0 aliphatic carbocycles. The van der Waals surface area contributed by atoms with Crippen LogP contribution in [-0.2, 0) is 16.0 Å². The lowest BCUT2D eigenvalue weighted by molar-refractivity contribution is -0.164. The van der Waals surface area contributed by atoms with Crippen molar-refractivity contribution in [1.29, 1.82) is 0 Å². The van der Waals surface area contributed by atoms with E-state index in [4.69, 9.17) is 0 Å². The van der Waals surface area contributed by atoms with Gasteiger partial charge in [0.1, 0.15) is 0 Å². The molecule has 0 unspecified atom stereocenters. The molecule has 0 heterocycles. The van der Waals surface area contributed by atoms with Crippen molar-refractivity contribution in [3.63, 3.8) is 0 Å². The molecule has 0 aliphatic rings. The number of hydrogen-bond acceptors (Lipinski definition) is 3. The summed E-state index contributed by atoms with van der Waals surface area (Å²) in [6.07, 6.45) is -0.854. The molecule has 0 aromatic heterocycles. The van der Waals surface area contributed by atoms with Gasteiger partial charge in [-0.3, -0.25) is 14.4 Å². The van der Waals surface area contributed by atoms with Gasteiger partial charge in [0.05, 0.1) is 0 Å². The van der Waals surface area contributed by atoms with E-state index in [0.717, 1.165) is 0 Å². The SMILES string of the molecule is O=C(CC(Cc1ccccc1)(C(=O)O)C(=O)O)c1ccccc1. The Hall–Kier alpha value is -2.95. The molecule has 2 rings (SSSR count). The molecule has 0 spiro atoms. The van der Waals surface area contributed by atoms with Crippen LogP contribution in [0, 0.1) is 5.41 Å². The lowest BCUT2D eigenvalue weighted by Crippen LogP contribution is -2.43. The maximum atomic E-state index is 12.3. The number of rotatable bonds is 7. The highest BCUT2D eigenvalue weighted by atomic mass is 16.4.